The summed E-state index contributed by atoms with van der Waals surface area (Å²) in [6.07, 6.45) is 3.54. The van der Waals surface area contributed by atoms with Crippen molar-refractivity contribution in [3.63, 3.8) is 0 Å². The summed E-state index contributed by atoms with van der Waals surface area (Å²) in [6.45, 7) is 5.30. The quantitative estimate of drug-likeness (QED) is 0.396. The van der Waals surface area contributed by atoms with Gasteiger partial charge in [-0.25, -0.2) is 4.98 Å². The Morgan fingerprint density at radius 3 is 2.71 bits per heavy atom. The van der Waals surface area contributed by atoms with Crippen LogP contribution in [0.1, 0.15) is 34.7 Å². The van der Waals surface area contributed by atoms with Crippen LogP contribution in [-0.2, 0) is 0 Å². The molecule has 0 bridgehead atoms. The predicted molar refractivity (Wildman–Crippen MR) is 134 cm³/mol. The molecule has 5 rings (SSSR count). The summed E-state index contributed by atoms with van der Waals surface area (Å²) in [6, 6.07) is 10.8. The van der Waals surface area contributed by atoms with Crippen LogP contribution in [0.15, 0.2) is 47.0 Å². The van der Waals surface area contributed by atoms with Gasteiger partial charge in [-0.1, -0.05) is 23.2 Å². The van der Waals surface area contributed by atoms with E-state index < -0.39 is 0 Å². The van der Waals surface area contributed by atoms with E-state index in [0.717, 1.165) is 35.7 Å². The lowest BCUT2D eigenvalue weighted by Gasteiger charge is -2.35. The number of aromatic nitrogens is 3. The average molecular weight is 496 g/mol. The molecule has 2 aromatic heterocycles. The monoisotopic (exact) mass is 495 g/mol. The van der Waals surface area contributed by atoms with E-state index in [4.69, 9.17) is 27.6 Å². The van der Waals surface area contributed by atoms with Crippen molar-refractivity contribution in [1.29, 1.82) is 0 Å². The number of aryl methyl sites for hydroxylation is 2. The molecule has 2 aromatic carbocycles. The highest BCUT2D eigenvalue weighted by Gasteiger charge is 2.31. The highest BCUT2D eigenvalue weighted by atomic mass is 35.5. The number of rotatable bonds is 4. The van der Waals surface area contributed by atoms with E-state index in [1.165, 1.54) is 0 Å². The van der Waals surface area contributed by atoms with Crippen molar-refractivity contribution in [2.45, 2.75) is 32.7 Å². The fraction of sp³-hybridized carbons (Fsp3) is 0.280. The zero-order valence-corrected chi connectivity index (χ0v) is 20.3. The maximum atomic E-state index is 14.0. The van der Waals surface area contributed by atoms with Gasteiger partial charge in [-0.05, 0) is 73.7 Å². The molecular formula is C25H23Cl2N5O2. The van der Waals surface area contributed by atoms with E-state index in [0.29, 0.717) is 45.3 Å². The van der Waals surface area contributed by atoms with Crippen molar-refractivity contribution in [2.24, 2.45) is 0 Å². The van der Waals surface area contributed by atoms with Gasteiger partial charge in [-0.3, -0.25) is 9.69 Å². The molecule has 1 fully saturated rings. The zero-order chi connectivity index (χ0) is 23.8. The minimum atomic E-state index is -0.207. The van der Waals surface area contributed by atoms with Crippen LogP contribution in [0, 0.1) is 13.8 Å². The lowest BCUT2D eigenvalue weighted by Crippen LogP contribution is -2.49. The maximum Gasteiger partial charge on any atom is 0.261 e. The molecule has 1 atom stereocenters. The van der Waals surface area contributed by atoms with Gasteiger partial charge in [0, 0.05) is 35.6 Å². The minimum absolute atomic E-state index is 0.0660. The van der Waals surface area contributed by atoms with Gasteiger partial charge in [-0.15, -0.1) is 10.2 Å². The van der Waals surface area contributed by atoms with Crippen molar-refractivity contribution in [3.05, 3.63) is 69.7 Å². The first kappa shape index (κ1) is 22.8. The second-order valence-electron chi connectivity index (χ2n) is 8.45. The number of hydrogen-bond donors (Lipinski definition) is 1. The third-order valence-corrected chi connectivity index (χ3v) is 6.59. The molecule has 174 valence electrons. The summed E-state index contributed by atoms with van der Waals surface area (Å²) < 4.78 is 5.50. The van der Waals surface area contributed by atoms with Gasteiger partial charge < -0.3 is 9.73 Å². The fourth-order valence-electron chi connectivity index (χ4n) is 4.49. The highest BCUT2D eigenvalue weighted by Crippen LogP contribution is 2.34. The van der Waals surface area contributed by atoms with E-state index in [2.05, 4.69) is 20.5 Å². The predicted octanol–water partition coefficient (Wildman–Crippen LogP) is 5.61. The van der Waals surface area contributed by atoms with Crippen LogP contribution in [0.25, 0.3) is 22.2 Å². The Labute approximate surface area is 207 Å². The molecule has 1 saturated heterocycles. The lowest BCUT2D eigenvalue weighted by atomic mass is 10.0. The molecule has 1 N–H and O–H groups in total. The minimum Gasteiger partial charge on any atom is -0.421 e. The Morgan fingerprint density at radius 2 is 2.00 bits per heavy atom. The maximum absolute atomic E-state index is 14.0. The number of piperidine rings is 1. The van der Waals surface area contributed by atoms with Crippen molar-refractivity contribution < 1.29 is 9.21 Å². The fourth-order valence-corrected chi connectivity index (χ4v) is 5.04. The molecule has 7 nitrogen and oxygen atoms in total. The Bertz CT molecular complexity index is 1380. The third-order valence-electron chi connectivity index (χ3n) is 6.06. The van der Waals surface area contributed by atoms with Gasteiger partial charge in [0.25, 0.3) is 5.91 Å². The van der Waals surface area contributed by atoms with Crippen LogP contribution < -0.4 is 10.2 Å². The van der Waals surface area contributed by atoms with Crippen molar-refractivity contribution in [1.82, 2.24) is 20.5 Å². The number of amides is 1. The van der Waals surface area contributed by atoms with Crippen LogP contribution in [0.2, 0.25) is 10.0 Å². The number of fused-ring (bicyclic) bond motifs is 1. The number of carbonyl (C=O) groups is 1. The van der Waals surface area contributed by atoms with E-state index in [1.807, 2.05) is 25.1 Å². The lowest BCUT2D eigenvalue weighted by molar-refractivity contribution is 0.0972. The highest BCUT2D eigenvalue weighted by molar-refractivity contribution is 6.35. The smallest absolute Gasteiger partial charge is 0.261 e. The first-order chi connectivity index (χ1) is 16.4. The van der Waals surface area contributed by atoms with Gasteiger partial charge in [0.15, 0.2) is 0 Å². The summed E-state index contributed by atoms with van der Waals surface area (Å²) in [5.74, 6) is 1.22. The number of halogens is 2. The Morgan fingerprint density at radius 1 is 1.15 bits per heavy atom. The Hall–Kier alpha value is -3.00. The van der Waals surface area contributed by atoms with Crippen LogP contribution in [0.3, 0.4) is 0 Å². The molecule has 9 heteroatoms. The summed E-state index contributed by atoms with van der Waals surface area (Å²) in [7, 11) is 0. The molecule has 1 aliphatic rings. The van der Waals surface area contributed by atoms with E-state index in [1.54, 1.807) is 36.2 Å². The standard InChI is InChI=1S/C25H23Cl2N5O2/c1-14-10-18(26)11-16-7-9-29-23(22(14)16)32(19-4-3-8-28-13-19)25(33)20-6-5-17(12-21(20)27)24-31-30-15(2)34-24/h5-7,9-12,19,28H,3-4,8,13H2,1-2H3/t19-/m1/s1. The largest absolute Gasteiger partial charge is 0.421 e. The van der Waals surface area contributed by atoms with Gasteiger partial charge in [-0.2, -0.15) is 0 Å². The molecule has 4 aromatic rings. The van der Waals surface area contributed by atoms with Crippen LogP contribution in [0.4, 0.5) is 5.82 Å². The van der Waals surface area contributed by atoms with Crippen LogP contribution >= 0.6 is 23.2 Å². The molecule has 0 radical (unpaired) electrons. The van der Waals surface area contributed by atoms with Gasteiger partial charge in [0.05, 0.1) is 16.6 Å². The molecule has 1 aliphatic heterocycles. The number of anilines is 1. The normalized spacial score (nSPS) is 16.1. The molecule has 0 aliphatic carbocycles. The third kappa shape index (κ3) is 4.27. The molecule has 0 spiro atoms. The summed E-state index contributed by atoms with van der Waals surface area (Å²) in [4.78, 5) is 20.5. The number of nitrogens with zero attached hydrogens (tertiary/aromatic N) is 4. The average Bonchev–Trinajstić information content (AvgIpc) is 3.26. The topological polar surface area (TPSA) is 84.2 Å². The second kappa shape index (κ2) is 9.33. The van der Waals surface area contributed by atoms with Gasteiger partial charge in [0.1, 0.15) is 5.82 Å². The molecule has 0 unspecified atom stereocenters. The number of nitrogens with one attached hydrogen (secondary N) is 1. The summed E-state index contributed by atoms with van der Waals surface area (Å²) in [5, 5.41) is 14.1. The van der Waals surface area contributed by atoms with E-state index in [9.17, 15) is 4.79 Å². The van der Waals surface area contributed by atoms with E-state index in [-0.39, 0.29) is 11.9 Å². The van der Waals surface area contributed by atoms with Crippen LogP contribution in [-0.4, -0.2) is 40.2 Å². The number of benzene rings is 2. The van der Waals surface area contributed by atoms with Crippen molar-refractivity contribution in [2.75, 3.05) is 18.0 Å². The Balaban J connectivity index is 1.61. The number of pyridine rings is 1. The molecule has 34 heavy (non-hydrogen) atoms. The van der Waals surface area contributed by atoms with Crippen molar-refractivity contribution >= 4 is 45.7 Å². The molecular weight excluding hydrogens is 473 g/mol. The molecule has 0 saturated carbocycles. The van der Waals surface area contributed by atoms with Crippen molar-refractivity contribution in [3.8, 4) is 11.5 Å². The molecule has 1 amide bonds. The van der Waals surface area contributed by atoms with Gasteiger partial charge >= 0.3 is 0 Å². The summed E-state index contributed by atoms with van der Waals surface area (Å²) >= 11 is 12.9. The van der Waals surface area contributed by atoms with Gasteiger partial charge in [0.2, 0.25) is 11.8 Å². The number of carbonyl (C=O) groups excluding carboxylic acids is 1. The van der Waals surface area contributed by atoms with Crippen LogP contribution in [0.5, 0.6) is 0 Å². The first-order valence-electron chi connectivity index (χ1n) is 11.1. The SMILES string of the molecule is Cc1nnc(-c2ccc(C(=O)N(c3nccc4cc(Cl)cc(C)c34)[C@@H]3CCCNC3)c(Cl)c2)o1. The number of hydrogen-bond acceptors (Lipinski definition) is 6. The Kier molecular flexibility index (Phi) is 6.25. The van der Waals surface area contributed by atoms with E-state index >= 15 is 0 Å². The molecule has 3 heterocycles. The first-order valence-corrected chi connectivity index (χ1v) is 11.9. The second-order valence-corrected chi connectivity index (χ2v) is 9.30. The summed E-state index contributed by atoms with van der Waals surface area (Å²) in [5.41, 5.74) is 2.00. The zero-order valence-electron chi connectivity index (χ0n) is 18.8.